The highest BCUT2D eigenvalue weighted by Crippen LogP contribution is 2.20. The molecule has 0 spiro atoms. The molecule has 2 aromatic carbocycles. The van der Waals surface area contributed by atoms with Gasteiger partial charge in [0.05, 0.1) is 12.3 Å². The Morgan fingerprint density at radius 2 is 1.92 bits per heavy atom. The summed E-state index contributed by atoms with van der Waals surface area (Å²) in [7, 11) is 0. The molecule has 2 N–H and O–H groups in total. The van der Waals surface area contributed by atoms with Crippen LogP contribution in [0.15, 0.2) is 60.9 Å². The Balaban J connectivity index is 1.66. The molecule has 3 rings (SSSR count). The molecule has 5 heteroatoms. The van der Waals surface area contributed by atoms with Crippen LogP contribution in [0.4, 0.5) is 4.39 Å². The fourth-order valence-electron chi connectivity index (χ4n) is 2.72. The molecule has 0 aliphatic heterocycles. The Labute approximate surface area is 146 Å². The van der Waals surface area contributed by atoms with Crippen molar-refractivity contribution in [2.75, 3.05) is 6.54 Å². The van der Waals surface area contributed by atoms with Crippen molar-refractivity contribution in [3.8, 4) is 5.69 Å². The van der Waals surface area contributed by atoms with Crippen LogP contribution in [0.2, 0.25) is 0 Å². The lowest BCUT2D eigenvalue weighted by molar-refractivity contribution is 0.171. The van der Waals surface area contributed by atoms with Crippen molar-refractivity contribution in [1.82, 2.24) is 15.1 Å². The van der Waals surface area contributed by atoms with Gasteiger partial charge in [0.15, 0.2) is 0 Å². The summed E-state index contributed by atoms with van der Waals surface area (Å²) in [6, 6.07) is 14.5. The summed E-state index contributed by atoms with van der Waals surface area (Å²) in [5, 5.41) is 17.6. The Morgan fingerprint density at radius 1 is 1.16 bits per heavy atom. The zero-order valence-corrected chi connectivity index (χ0v) is 14.4. The number of aryl methyl sites for hydroxylation is 1. The molecule has 130 valence electrons. The fourth-order valence-corrected chi connectivity index (χ4v) is 2.72. The number of aromatic nitrogens is 2. The second-order valence-electron chi connectivity index (χ2n) is 6.23. The lowest BCUT2D eigenvalue weighted by Gasteiger charge is -2.18. The quantitative estimate of drug-likeness (QED) is 0.720. The lowest BCUT2D eigenvalue weighted by Crippen LogP contribution is -2.24. The molecule has 2 unspecified atom stereocenters. The summed E-state index contributed by atoms with van der Waals surface area (Å²) in [6.45, 7) is 4.26. The molecule has 0 aliphatic carbocycles. The molecule has 0 saturated carbocycles. The van der Waals surface area contributed by atoms with E-state index < -0.39 is 6.10 Å². The summed E-state index contributed by atoms with van der Waals surface area (Å²) in [5.41, 5.74) is 3.09. The van der Waals surface area contributed by atoms with Crippen molar-refractivity contribution in [2.24, 2.45) is 0 Å². The first-order chi connectivity index (χ1) is 12.0. The van der Waals surface area contributed by atoms with E-state index in [0.29, 0.717) is 12.2 Å². The van der Waals surface area contributed by atoms with Gasteiger partial charge >= 0.3 is 0 Å². The predicted molar refractivity (Wildman–Crippen MR) is 96.1 cm³/mol. The van der Waals surface area contributed by atoms with Crippen LogP contribution in [0.1, 0.15) is 35.8 Å². The molecule has 0 radical (unpaired) electrons. The molecule has 1 heterocycles. The van der Waals surface area contributed by atoms with Crippen molar-refractivity contribution >= 4 is 0 Å². The second-order valence-corrected chi connectivity index (χ2v) is 6.23. The van der Waals surface area contributed by atoms with Gasteiger partial charge in [-0.15, -0.1) is 0 Å². The highest BCUT2D eigenvalue weighted by molar-refractivity contribution is 5.37. The molecule has 3 aromatic rings. The van der Waals surface area contributed by atoms with Gasteiger partial charge < -0.3 is 10.4 Å². The van der Waals surface area contributed by atoms with E-state index in [4.69, 9.17) is 0 Å². The number of aliphatic hydroxyl groups excluding tert-OH is 1. The number of aliphatic hydroxyl groups is 1. The molecular formula is C20H22FN3O. The second kappa shape index (κ2) is 7.59. The summed E-state index contributed by atoms with van der Waals surface area (Å²) in [5.74, 6) is -0.321. The van der Waals surface area contributed by atoms with E-state index in [0.717, 1.165) is 16.7 Å². The SMILES string of the molecule is Cc1cnn(-c2ccc(C(C)NCC(O)c3ccccc3)cc2F)c1. The molecule has 4 nitrogen and oxygen atoms in total. The molecule has 0 fully saturated rings. The van der Waals surface area contributed by atoms with Gasteiger partial charge in [-0.2, -0.15) is 5.10 Å². The maximum atomic E-state index is 14.4. The first kappa shape index (κ1) is 17.3. The van der Waals surface area contributed by atoms with E-state index in [9.17, 15) is 9.50 Å². The van der Waals surface area contributed by atoms with E-state index in [-0.39, 0.29) is 11.9 Å². The third kappa shape index (κ3) is 4.13. The number of benzene rings is 2. The first-order valence-electron chi connectivity index (χ1n) is 8.32. The minimum absolute atomic E-state index is 0.0822. The number of rotatable bonds is 6. The van der Waals surface area contributed by atoms with Gasteiger partial charge in [0, 0.05) is 18.8 Å². The molecule has 1 aromatic heterocycles. The Kier molecular flexibility index (Phi) is 5.26. The Hall–Kier alpha value is -2.50. The molecule has 2 atom stereocenters. The minimum Gasteiger partial charge on any atom is -0.387 e. The van der Waals surface area contributed by atoms with Crippen LogP contribution < -0.4 is 5.32 Å². The highest BCUT2D eigenvalue weighted by Gasteiger charge is 2.13. The molecule has 0 amide bonds. The number of halogens is 1. The topological polar surface area (TPSA) is 50.1 Å². The zero-order valence-electron chi connectivity index (χ0n) is 14.4. The van der Waals surface area contributed by atoms with Crippen LogP contribution in [-0.2, 0) is 0 Å². The molecular weight excluding hydrogens is 317 g/mol. The van der Waals surface area contributed by atoms with E-state index in [1.807, 2.05) is 50.2 Å². The van der Waals surface area contributed by atoms with E-state index in [1.54, 1.807) is 18.5 Å². The van der Waals surface area contributed by atoms with Gasteiger partial charge in [0.1, 0.15) is 11.5 Å². The van der Waals surface area contributed by atoms with Crippen molar-refractivity contribution in [3.05, 3.63) is 83.4 Å². The average molecular weight is 339 g/mol. The van der Waals surface area contributed by atoms with Gasteiger partial charge in [-0.3, -0.25) is 0 Å². The predicted octanol–water partition coefficient (Wildman–Crippen LogP) is 3.70. The minimum atomic E-state index is -0.597. The van der Waals surface area contributed by atoms with Crippen LogP contribution in [0.3, 0.4) is 0 Å². The van der Waals surface area contributed by atoms with Crippen LogP contribution in [0, 0.1) is 12.7 Å². The smallest absolute Gasteiger partial charge is 0.149 e. The largest absolute Gasteiger partial charge is 0.387 e. The zero-order chi connectivity index (χ0) is 17.8. The summed E-state index contributed by atoms with van der Waals surface area (Å²) < 4.78 is 16.0. The molecule has 0 bridgehead atoms. The monoisotopic (exact) mass is 339 g/mol. The van der Waals surface area contributed by atoms with Gasteiger partial charge in [0.25, 0.3) is 0 Å². The number of hydrogen-bond donors (Lipinski definition) is 2. The number of hydrogen-bond acceptors (Lipinski definition) is 3. The molecule has 25 heavy (non-hydrogen) atoms. The van der Waals surface area contributed by atoms with Crippen LogP contribution >= 0.6 is 0 Å². The maximum absolute atomic E-state index is 14.4. The first-order valence-corrected chi connectivity index (χ1v) is 8.32. The fraction of sp³-hybridized carbons (Fsp3) is 0.250. The average Bonchev–Trinajstić information content (AvgIpc) is 3.06. The van der Waals surface area contributed by atoms with E-state index in [1.165, 1.54) is 10.7 Å². The molecule has 0 saturated heterocycles. The molecule has 0 aliphatic rings. The van der Waals surface area contributed by atoms with Gasteiger partial charge in [-0.25, -0.2) is 9.07 Å². The van der Waals surface area contributed by atoms with E-state index in [2.05, 4.69) is 10.4 Å². The normalized spacial score (nSPS) is 13.6. The third-order valence-electron chi connectivity index (χ3n) is 4.23. The number of nitrogens with zero attached hydrogens (tertiary/aromatic N) is 2. The van der Waals surface area contributed by atoms with Gasteiger partial charge in [-0.1, -0.05) is 36.4 Å². The Bertz CT molecular complexity index is 832. The Morgan fingerprint density at radius 3 is 2.56 bits per heavy atom. The summed E-state index contributed by atoms with van der Waals surface area (Å²) in [6.07, 6.45) is 2.89. The van der Waals surface area contributed by atoms with E-state index >= 15 is 0 Å². The van der Waals surface area contributed by atoms with Crippen molar-refractivity contribution in [2.45, 2.75) is 26.0 Å². The van der Waals surface area contributed by atoms with Gasteiger partial charge in [-0.05, 0) is 42.7 Å². The van der Waals surface area contributed by atoms with Crippen molar-refractivity contribution in [1.29, 1.82) is 0 Å². The summed E-state index contributed by atoms with van der Waals surface area (Å²) >= 11 is 0. The maximum Gasteiger partial charge on any atom is 0.149 e. The highest BCUT2D eigenvalue weighted by atomic mass is 19.1. The van der Waals surface area contributed by atoms with Gasteiger partial charge in [0.2, 0.25) is 0 Å². The van der Waals surface area contributed by atoms with Crippen LogP contribution in [0.25, 0.3) is 5.69 Å². The standard InChI is InChI=1S/C20H22FN3O/c1-14-11-23-24(13-14)19-9-8-17(10-18(19)21)15(2)22-12-20(25)16-6-4-3-5-7-16/h3-11,13,15,20,22,25H,12H2,1-2H3. The lowest BCUT2D eigenvalue weighted by atomic mass is 10.1. The van der Waals surface area contributed by atoms with Crippen molar-refractivity contribution < 1.29 is 9.50 Å². The van der Waals surface area contributed by atoms with Crippen molar-refractivity contribution in [3.63, 3.8) is 0 Å². The third-order valence-corrected chi connectivity index (χ3v) is 4.23. The van der Waals surface area contributed by atoms with Crippen LogP contribution in [-0.4, -0.2) is 21.4 Å². The number of nitrogens with one attached hydrogen (secondary N) is 1. The summed E-state index contributed by atoms with van der Waals surface area (Å²) in [4.78, 5) is 0. The van der Waals surface area contributed by atoms with Crippen LogP contribution in [0.5, 0.6) is 0 Å².